The summed E-state index contributed by atoms with van der Waals surface area (Å²) >= 11 is 0. The molecule has 3 rings (SSSR count). The maximum absolute atomic E-state index is 13.2. The number of hydrogen-bond acceptors (Lipinski definition) is 6. The molecule has 2 aliphatic heterocycles. The number of fused-ring (bicyclic) bond motifs is 1. The molecule has 0 N–H and O–H groups in total. The molecular weight excluding hydrogens is 410 g/mol. The lowest BCUT2D eigenvalue weighted by Gasteiger charge is -2.35. The number of nitrogens with zero attached hydrogens (tertiary/aromatic N) is 3. The van der Waals surface area contributed by atoms with Crippen molar-refractivity contribution in [1.29, 1.82) is 0 Å². The van der Waals surface area contributed by atoms with Crippen LogP contribution in [0.5, 0.6) is 5.75 Å². The normalized spacial score (nSPS) is 20.4. The molecule has 2 amide bonds. The summed E-state index contributed by atoms with van der Waals surface area (Å²) in [5.74, 6) is 0.310. The second-order valence-corrected chi connectivity index (χ2v) is 10.5. The van der Waals surface area contributed by atoms with Gasteiger partial charge >= 0.3 is 6.09 Å². The van der Waals surface area contributed by atoms with E-state index < -0.39 is 21.7 Å². The first-order chi connectivity index (χ1) is 13.9. The van der Waals surface area contributed by atoms with Gasteiger partial charge in [0.05, 0.1) is 17.1 Å². The van der Waals surface area contributed by atoms with E-state index in [2.05, 4.69) is 0 Å². The Bertz CT molecular complexity index is 932. The first kappa shape index (κ1) is 22.4. The Morgan fingerprint density at radius 1 is 1.13 bits per heavy atom. The van der Waals surface area contributed by atoms with Gasteiger partial charge in [0.15, 0.2) is 0 Å². The van der Waals surface area contributed by atoms with Crippen LogP contribution in [-0.2, 0) is 19.6 Å². The van der Waals surface area contributed by atoms with Crippen LogP contribution in [0.25, 0.3) is 0 Å². The molecule has 2 heterocycles. The quantitative estimate of drug-likeness (QED) is 0.700. The lowest BCUT2D eigenvalue weighted by molar-refractivity contribution is -0.117. The van der Waals surface area contributed by atoms with Crippen LogP contribution in [0, 0.1) is 0 Å². The van der Waals surface area contributed by atoms with Crippen LogP contribution >= 0.6 is 0 Å². The van der Waals surface area contributed by atoms with E-state index in [1.54, 1.807) is 26.8 Å². The number of sulfonamides is 1. The first-order valence-corrected chi connectivity index (χ1v) is 11.4. The van der Waals surface area contributed by atoms with Crippen LogP contribution in [0.4, 0.5) is 10.5 Å². The second-order valence-electron chi connectivity index (χ2n) is 8.56. The minimum absolute atomic E-state index is 0.0939. The van der Waals surface area contributed by atoms with Gasteiger partial charge < -0.3 is 19.3 Å². The lowest BCUT2D eigenvalue weighted by Crippen LogP contribution is -2.51. The van der Waals surface area contributed by atoms with Crippen molar-refractivity contribution in [2.24, 2.45) is 0 Å². The van der Waals surface area contributed by atoms with E-state index in [1.165, 1.54) is 33.2 Å². The smallest absolute Gasteiger partial charge is 0.410 e. The van der Waals surface area contributed by atoms with Gasteiger partial charge in [0.1, 0.15) is 17.5 Å². The average molecular weight is 440 g/mol. The fourth-order valence-corrected chi connectivity index (χ4v) is 4.91. The van der Waals surface area contributed by atoms with Crippen LogP contribution in [0.15, 0.2) is 23.1 Å². The molecule has 1 unspecified atom stereocenters. The van der Waals surface area contributed by atoms with Crippen molar-refractivity contribution in [1.82, 2.24) is 9.21 Å². The van der Waals surface area contributed by atoms with E-state index in [-0.39, 0.29) is 43.1 Å². The van der Waals surface area contributed by atoms with E-state index in [9.17, 15) is 18.0 Å². The molecule has 9 nitrogen and oxygen atoms in total. The largest absolute Gasteiger partial charge is 0.487 e. The summed E-state index contributed by atoms with van der Waals surface area (Å²) in [7, 11) is -3.78. The SMILES string of the molecule is CC(=O)N1CC(C)Oc2ccc(S(=O)(=O)N3CCN(C(=O)OC(C)(C)C)CC3)cc21. The summed E-state index contributed by atoms with van der Waals surface area (Å²) in [4.78, 5) is 27.4. The topological polar surface area (TPSA) is 96.5 Å². The molecule has 0 aromatic heterocycles. The zero-order valence-corrected chi connectivity index (χ0v) is 18.9. The number of amides is 2. The summed E-state index contributed by atoms with van der Waals surface area (Å²) in [6, 6.07) is 4.56. The summed E-state index contributed by atoms with van der Waals surface area (Å²) in [6.45, 7) is 9.86. The highest BCUT2D eigenvalue weighted by Gasteiger charge is 2.34. The Balaban J connectivity index is 1.76. The number of rotatable bonds is 2. The monoisotopic (exact) mass is 439 g/mol. The fourth-order valence-electron chi connectivity index (χ4n) is 3.46. The van der Waals surface area contributed by atoms with Gasteiger partial charge in [-0.3, -0.25) is 4.79 Å². The Hall–Kier alpha value is -2.33. The Labute approximate surface area is 177 Å². The van der Waals surface area contributed by atoms with Crippen LogP contribution < -0.4 is 9.64 Å². The van der Waals surface area contributed by atoms with Crippen molar-refractivity contribution in [3.8, 4) is 5.75 Å². The van der Waals surface area contributed by atoms with Crippen LogP contribution in [-0.4, -0.2) is 74.1 Å². The number of hydrogen-bond donors (Lipinski definition) is 0. The third-order valence-electron chi connectivity index (χ3n) is 4.90. The predicted molar refractivity (Wildman–Crippen MR) is 111 cm³/mol. The van der Waals surface area contributed by atoms with Gasteiger partial charge in [0.25, 0.3) is 0 Å². The standard InChI is InChI=1S/C20H29N3O6S/c1-14-13-23(15(2)24)17-12-16(6-7-18(17)28-14)30(26,27)22-10-8-21(9-11-22)19(25)29-20(3,4)5/h6-7,12,14H,8-11,13H2,1-5H3. The number of benzene rings is 1. The van der Waals surface area contributed by atoms with Crippen molar-refractivity contribution in [2.75, 3.05) is 37.6 Å². The molecule has 0 aliphatic carbocycles. The zero-order chi connectivity index (χ0) is 22.3. The fraction of sp³-hybridized carbons (Fsp3) is 0.600. The van der Waals surface area contributed by atoms with Crippen molar-refractivity contribution in [3.63, 3.8) is 0 Å². The molecule has 10 heteroatoms. The molecular formula is C20H29N3O6S. The molecule has 0 spiro atoms. The second kappa shape index (κ2) is 8.07. The molecule has 0 radical (unpaired) electrons. The first-order valence-electron chi connectivity index (χ1n) is 9.95. The molecule has 0 bridgehead atoms. The molecule has 1 aromatic rings. The Morgan fingerprint density at radius 3 is 2.33 bits per heavy atom. The van der Waals surface area contributed by atoms with Gasteiger partial charge in [0, 0.05) is 33.1 Å². The zero-order valence-electron chi connectivity index (χ0n) is 18.0. The summed E-state index contributed by atoms with van der Waals surface area (Å²) in [5.41, 5.74) is -0.153. The molecule has 0 saturated carbocycles. The van der Waals surface area contributed by atoms with E-state index in [0.717, 1.165) is 0 Å². The van der Waals surface area contributed by atoms with Gasteiger partial charge in [0.2, 0.25) is 15.9 Å². The number of anilines is 1. The Morgan fingerprint density at radius 2 is 1.77 bits per heavy atom. The van der Waals surface area contributed by atoms with Crippen molar-refractivity contribution < 1.29 is 27.5 Å². The van der Waals surface area contributed by atoms with Gasteiger partial charge in [-0.15, -0.1) is 0 Å². The van der Waals surface area contributed by atoms with Gasteiger partial charge in [-0.2, -0.15) is 4.31 Å². The summed E-state index contributed by atoms with van der Waals surface area (Å²) in [5, 5.41) is 0. The van der Waals surface area contributed by atoms with Crippen LogP contribution in [0.1, 0.15) is 34.6 Å². The highest BCUT2D eigenvalue weighted by atomic mass is 32.2. The number of carbonyl (C=O) groups is 2. The lowest BCUT2D eigenvalue weighted by atomic mass is 10.2. The minimum Gasteiger partial charge on any atom is -0.487 e. The minimum atomic E-state index is -3.78. The molecule has 1 fully saturated rings. The molecule has 2 aliphatic rings. The number of piperazine rings is 1. The third-order valence-corrected chi connectivity index (χ3v) is 6.79. The molecule has 30 heavy (non-hydrogen) atoms. The molecule has 166 valence electrons. The van der Waals surface area contributed by atoms with Crippen molar-refractivity contribution in [3.05, 3.63) is 18.2 Å². The maximum Gasteiger partial charge on any atom is 0.410 e. The molecule has 1 atom stereocenters. The van der Waals surface area contributed by atoms with Gasteiger partial charge in [-0.05, 0) is 45.9 Å². The van der Waals surface area contributed by atoms with E-state index in [1.807, 2.05) is 6.92 Å². The van der Waals surface area contributed by atoms with E-state index >= 15 is 0 Å². The van der Waals surface area contributed by atoms with E-state index in [0.29, 0.717) is 18.0 Å². The van der Waals surface area contributed by atoms with Gasteiger partial charge in [-0.1, -0.05) is 0 Å². The average Bonchev–Trinajstić information content (AvgIpc) is 2.65. The highest BCUT2D eigenvalue weighted by Crippen LogP contribution is 2.36. The van der Waals surface area contributed by atoms with Crippen LogP contribution in [0.3, 0.4) is 0 Å². The predicted octanol–water partition coefficient (Wildman–Crippen LogP) is 2.06. The molecule has 1 aromatic carbocycles. The van der Waals surface area contributed by atoms with Crippen molar-refractivity contribution in [2.45, 2.75) is 51.2 Å². The maximum atomic E-state index is 13.2. The summed E-state index contributed by atoms with van der Waals surface area (Å²) in [6.07, 6.45) is -0.624. The number of ether oxygens (including phenoxy) is 2. The Kier molecular flexibility index (Phi) is 6.01. The van der Waals surface area contributed by atoms with Crippen molar-refractivity contribution >= 4 is 27.7 Å². The third kappa shape index (κ3) is 4.70. The molecule has 1 saturated heterocycles. The highest BCUT2D eigenvalue weighted by molar-refractivity contribution is 7.89. The van der Waals surface area contributed by atoms with Gasteiger partial charge in [-0.25, -0.2) is 13.2 Å². The van der Waals surface area contributed by atoms with E-state index in [4.69, 9.17) is 9.47 Å². The summed E-state index contributed by atoms with van der Waals surface area (Å²) < 4.78 is 38.8. The van der Waals surface area contributed by atoms with Crippen LogP contribution in [0.2, 0.25) is 0 Å². The number of carbonyl (C=O) groups excluding carboxylic acids is 2.